The summed E-state index contributed by atoms with van der Waals surface area (Å²) in [6.45, 7) is 7.02. The Hall–Kier alpha value is -2.67. The summed E-state index contributed by atoms with van der Waals surface area (Å²) >= 11 is 1.73. The molecule has 2 N–H and O–H groups in total. The number of nitrogens with zero attached hydrogens (tertiary/aromatic N) is 4. The first kappa shape index (κ1) is 22.0. The summed E-state index contributed by atoms with van der Waals surface area (Å²) in [7, 11) is 3.79. The highest BCUT2D eigenvalue weighted by atomic mass is 32.1. The lowest BCUT2D eigenvalue weighted by atomic mass is 10.1. The molecule has 3 rings (SSSR count). The van der Waals surface area contributed by atoms with Crippen LogP contribution < -0.4 is 10.6 Å². The van der Waals surface area contributed by atoms with Gasteiger partial charge in [0, 0.05) is 37.6 Å². The normalized spacial score (nSPS) is 12.8. The molecule has 0 radical (unpaired) electrons. The van der Waals surface area contributed by atoms with Gasteiger partial charge in [0.1, 0.15) is 0 Å². The largest absolute Gasteiger partial charge is 0.354 e. The molecule has 1 atom stereocenters. The van der Waals surface area contributed by atoms with Crippen molar-refractivity contribution in [2.75, 3.05) is 7.05 Å². The molecular weight excluding hydrogens is 392 g/mol. The van der Waals surface area contributed by atoms with Gasteiger partial charge in [0.25, 0.3) is 0 Å². The van der Waals surface area contributed by atoms with E-state index in [4.69, 9.17) is 4.98 Å². The number of benzene rings is 1. The van der Waals surface area contributed by atoms with Crippen molar-refractivity contribution >= 4 is 17.3 Å². The number of aryl methyl sites for hydroxylation is 4. The van der Waals surface area contributed by atoms with Crippen LogP contribution in [0.5, 0.6) is 0 Å². The van der Waals surface area contributed by atoms with Crippen LogP contribution in [0.25, 0.3) is 0 Å². The maximum Gasteiger partial charge on any atom is 0.191 e. The molecule has 1 aromatic carbocycles. The molecule has 0 aliphatic rings. The number of hydrogen-bond donors (Lipinski definition) is 2. The Balaban J connectivity index is 1.47. The van der Waals surface area contributed by atoms with Crippen molar-refractivity contribution in [3.05, 3.63) is 68.9 Å². The summed E-state index contributed by atoms with van der Waals surface area (Å²) in [4.78, 5) is 9.13. The average Bonchev–Trinajstić information content (AvgIpc) is 3.30. The predicted molar refractivity (Wildman–Crippen MR) is 125 cm³/mol. The number of aromatic nitrogens is 3. The number of thiazole rings is 1. The van der Waals surface area contributed by atoms with Crippen molar-refractivity contribution in [2.45, 2.75) is 52.6 Å². The van der Waals surface area contributed by atoms with Crippen LogP contribution in [0.4, 0.5) is 0 Å². The Labute approximate surface area is 183 Å². The summed E-state index contributed by atoms with van der Waals surface area (Å²) in [5.74, 6) is 0.792. The van der Waals surface area contributed by atoms with Gasteiger partial charge in [-0.05, 0) is 44.7 Å². The lowest BCUT2D eigenvalue weighted by Crippen LogP contribution is -2.42. The molecule has 1 unspecified atom stereocenters. The molecular formula is C23H32N6S. The second-order valence-electron chi connectivity index (χ2n) is 7.67. The van der Waals surface area contributed by atoms with Gasteiger partial charge in [-0.2, -0.15) is 5.10 Å². The van der Waals surface area contributed by atoms with Gasteiger partial charge < -0.3 is 10.6 Å². The Morgan fingerprint density at radius 3 is 2.63 bits per heavy atom. The molecule has 3 aromatic rings. The summed E-state index contributed by atoms with van der Waals surface area (Å²) < 4.78 is 1.95. The lowest BCUT2D eigenvalue weighted by Gasteiger charge is -2.18. The molecule has 0 fully saturated rings. The van der Waals surface area contributed by atoms with E-state index in [0.717, 1.165) is 36.6 Å². The molecule has 0 saturated heterocycles. The van der Waals surface area contributed by atoms with E-state index in [0.29, 0.717) is 6.54 Å². The van der Waals surface area contributed by atoms with E-state index in [9.17, 15) is 0 Å². The Bertz CT molecular complexity index is 973. The van der Waals surface area contributed by atoms with E-state index in [2.05, 4.69) is 77.2 Å². The quantitative estimate of drug-likeness (QED) is 0.428. The van der Waals surface area contributed by atoms with Crippen LogP contribution in [-0.4, -0.2) is 33.8 Å². The second-order valence-corrected chi connectivity index (χ2v) is 8.61. The van der Waals surface area contributed by atoms with Crippen LogP contribution >= 0.6 is 11.3 Å². The lowest BCUT2D eigenvalue weighted by molar-refractivity contribution is 0.634. The van der Waals surface area contributed by atoms with Crippen LogP contribution in [0.2, 0.25) is 0 Å². The van der Waals surface area contributed by atoms with E-state index >= 15 is 0 Å². The fraction of sp³-hybridized carbons (Fsp3) is 0.435. The summed E-state index contributed by atoms with van der Waals surface area (Å²) in [5, 5.41) is 14.7. The topological polar surface area (TPSA) is 67.1 Å². The second kappa shape index (κ2) is 10.4. The van der Waals surface area contributed by atoms with Crippen LogP contribution in [0.1, 0.15) is 40.1 Å². The first-order chi connectivity index (χ1) is 14.5. The first-order valence-corrected chi connectivity index (χ1v) is 11.3. The van der Waals surface area contributed by atoms with E-state index < -0.39 is 0 Å². The zero-order chi connectivity index (χ0) is 21.5. The van der Waals surface area contributed by atoms with Gasteiger partial charge in [0.05, 0.1) is 22.9 Å². The molecule has 0 amide bonds. The van der Waals surface area contributed by atoms with Crippen molar-refractivity contribution < 1.29 is 0 Å². The number of nitrogens with one attached hydrogen (secondary N) is 2. The highest BCUT2D eigenvalue weighted by Crippen LogP contribution is 2.15. The van der Waals surface area contributed by atoms with Gasteiger partial charge in [-0.15, -0.1) is 11.3 Å². The molecule has 6 nitrogen and oxygen atoms in total. The van der Waals surface area contributed by atoms with Crippen LogP contribution in [-0.2, 0) is 32.9 Å². The molecule has 0 bridgehead atoms. The molecule has 2 aromatic heterocycles. The van der Waals surface area contributed by atoms with E-state index in [1.807, 2.05) is 11.7 Å². The fourth-order valence-electron chi connectivity index (χ4n) is 3.51. The van der Waals surface area contributed by atoms with Crippen LogP contribution in [0, 0.1) is 13.8 Å². The number of aliphatic imine (C=N–C) groups is 1. The van der Waals surface area contributed by atoms with Crippen molar-refractivity contribution in [1.82, 2.24) is 25.4 Å². The molecule has 160 valence electrons. The zero-order valence-corrected chi connectivity index (χ0v) is 19.4. The van der Waals surface area contributed by atoms with Crippen molar-refractivity contribution in [2.24, 2.45) is 12.0 Å². The predicted octanol–water partition coefficient (Wildman–Crippen LogP) is 3.57. The van der Waals surface area contributed by atoms with Gasteiger partial charge in [0.15, 0.2) is 5.96 Å². The summed E-state index contributed by atoms with van der Waals surface area (Å²) in [6, 6.07) is 10.8. The fourth-order valence-corrected chi connectivity index (χ4v) is 4.31. The SMILES string of the molecule is CN=C(NCc1csc(CCc2ccccc2)n1)NC(C)Cc1c(C)nn(C)c1C. The Morgan fingerprint density at radius 1 is 1.20 bits per heavy atom. The highest BCUT2D eigenvalue weighted by Gasteiger charge is 2.14. The Morgan fingerprint density at radius 2 is 1.97 bits per heavy atom. The Kier molecular flexibility index (Phi) is 7.63. The number of rotatable bonds is 8. The smallest absolute Gasteiger partial charge is 0.191 e. The number of guanidine groups is 1. The van der Waals surface area contributed by atoms with Gasteiger partial charge in [-0.1, -0.05) is 30.3 Å². The summed E-state index contributed by atoms with van der Waals surface area (Å²) in [6.07, 6.45) is 2.91. The van der Waals surface area contributed by atoms with Gasteiger partial charge in [-0.3, -0.25) is 9.67 Å². The van der Waals surface area contributed by atoms with Crippen molar-refractivity contribution in [3.63, 3.8) is 0 Å². The minimum atomic E-state index is 0.245. The third-order valence-corrected chi connectivity index (χ3v) is 6.24. The zero-order valence-electron chi connectivity index (χ0n) is 18.6. The molecule has 0 spiro atoms. The molecule has 7 heteroatoms. The molecule has 0 saturated carbocycles. The van der Waals surface area contributed by atoms with Crippen LogP contribution in [0.3, 0.4) is 0 Å². The van der Waals surface area contributed by atoms with E-state index in [1.165, 1.54) is 21.8 Å². The summed E-state index contributed by atoms with van der Waals surface area (Å²) in [5.41, 5.74) is 6.02. The molecule has 30 heavy (non-hydrogen) atoms. The minimum Gasteiger partial charge on any atom is -0.354 e. The van der Waals surface area contributed by atoms with Crippen molar-refractivity contribution in [3.8, 4) is 0 Å². The first-order valence-electron chi connectivity index (χ1n) is 10.4. The molecule has 0 aliphatic heterocycles. The van der Waals surface area contributed by atoms with Gasteiger partial charge in [-0.25, -0.2) is 4.98 Å². The van der Waals surface area contributed by atoms with Crippen molar-refractivity contribution in [1.29, 1.82) is 0 Å². The van der Waals surface area contributed by atoms with Gasteiger partial charge in [0.2, 0.25) is 0 Å². The van der Waals surface area contributed by atoms with Gasteiger partial charge >= 0.3 is 0 Å². The average molecular weight is 425 g/mol. The number of hydrogen-bond acceptors (Lipinski definition) is 4. The standard InChI is InChI=1S/C23H32N6S/c1-16(13-21-17(2)28-29(5)18(21)3)26-23(24-4)25-14-20-15-30-22(27-20)12-11-19-9-7-6-8-10-19/h6-10,15-16H,11-14H2,1-5H3,(H2,24,25,26). The molecule has 2 heterocycles. The van der Waals surface area contributed by atoms with Crippen LogP contribution in [0.15, 0.2) is 40.7 Å². The molecule has 0 aliphatic carbocycles. The third kappa shape index (κ3) is 5.92. The highest BCUT2D eigenvalue weighted by molar-refractivity contribution is 7.09. The monoisotopic (exact) mass is 424 g/mol. The maximum atomic E-state index is 4.77. The van der Waals surface area contributed by atoms with E-state index in [1.54, 1.807) is 18.4 Å². The third-order valence-electron chi connectivity index (χ3n) is 5.28. The minimum absolute atomic E-state index is 0.245. The maximum absolute atomic E-state index is 4.77. The van der Waals surface area contributed by atoms with E-state index in [-0.39, 0.29) is 6.04 Å².